The third-order valence-electron chi connectivity index (χ3n) is 3.94. The monoisotopic (exact) mass is 404 g/mol. The van der Waals surface area contributed by atoms with Crippen molar-refractivity contribution < 1.29 is 32.6 Å². The Morgan fingerprint density at radius 3 is 2.36 bits per heavy atom. The minimum atomic E-state index is -2.51. The number of hydrogen-bond acceptors (Lipinski definition) is 6. The van der Waals surface area contributed by atoms with Crippen LogP contribution >= 0.6 is 0 Å². The van der Waals surface area contributed by atoms with Gasteiger partial charge in [-0.2, -0.15) is 0 Å². The Hall–Kier alpha value is -3.24. The van der Waals surface area contributed by atoms with Crippen LogP contribution < -0.4 is 14.4 Å². The summed E-state index contributed by atoms with van der Waals surface area (Å²) < 4.78 is 33.4. The van der Waals surface area contributed by atoms with E-state index in [-0.39, 0.29) is 35.5 Å². The Balaban J connectivity index is 2.22. The van der Waals surface area contributed by atoms with Gasteiger partial charge in [0, 0.05) is 12.8 Å². The molecule has 28 heavy (non-hydrogen) atoms. The molecule has 146 valence electrons. The van der Waals surface area contributed by atoms with Gasteiger partial charge in [0.2, 0.25) is 11.8 Å². The summed E-state index contributed by atoms with van der Waals surface area (Å²) in [5, 5.41) is 0. The van der Waals surface area contributed by atoms with Crippen molar-refractivity contribution in [2.75, 3.05) is 16.7 Å². The molecule has 9 nitrogen and oxygen atoms in total. The second-order valence-corrected chi connectivity index (χ2v) is 6.46. The summed E-state index contributed by atoms with van der Waals surface area (Å²) >= 11 is -2.51. The van der Waals surface area contributed by atoms with Crippen LogP contribution in [-0.2, 0) is 25.6 Å². The zero-order chi connectivity index (χ0) is 20.3. The maximum Gasteiger partial charge on any atom is 0.338 e. The minimum absolute atomic E-state index is 0.0146. The summed E-state index contributed by atoms with van der Waals surface area (Å²) in [5.74, 6) is -1.38. The van der Waals surface area contributed by atoms with Gasteiger partial charge in [0.1, 0.15) is 5.75 Å². The average Bonchev–Trinajstić information content (AvgIpc) is 3.01. The number of nitrogens with one attached hydrogen (secondary N) is 1. The van der Waals surface area contributed by atoms with E-state index in [0.717, 1.165) is 4.90 Å². The van der Waals surface area contributed by atoms with Gasteiger partial charge in [-0.1, -0.05) is 18.2 Å². The average molecular weight is 404 g/mol. The first-order valence-electron chi connectivity index (χ1n) is 8.13. The fourth-order valence-corrected chi connectivity index (χ4v) is 3.08. The van der Waals surface area contributed by atoms with Crippen molar-refractivity contribution in [2.45, 2.75) is 12.8 Å². The van der Waals surface area contributed by atoms with Crippen LogP contribution in [0.4, 0.5) is 11.4 Å². The zero-order valence-corrected chi connectivity index (χ0v) is 15.5. The molecule has 1 aliphatic heterocycles. The number of para-hydroxylation sites is 1. The third kappa shape index (κ3) is 4.02. The SMILES string of the molecule is COC(=O)c1cc(NS(=O)O)c(Oc2ccccc2)c(N2C(=O)CCC2=O)c1. The number of ether oxygens (including phenoxy) is 2. The topological polar surface area (TPSA) is 122 Å². The number of esters is 1. The smallest absolute Gasteiger partial charge is 0.338 e. The van der Waals surface area contributed by atoms with Gasteiger partial charge in [-0.3, -0.25) is 18.9 Å². The third-order valence-corrected chi connectivity index (χ3v) is 4.34. The highest BCUT2D eigenvalue weighted by molar-refractivity contribution is 7.80. The van der Waals surface area contributed by atoms with Gasteiger partial charge in [0.05, 0.1) is 24.0 Å². The first-order chi connectivity index (χ1) is 13.4. The number of carbonyl (C=O) groups excluding carboxylic acids is 3. The Bertz CT molecular complexity index is 946. The molecular formula is C18H16N2O7S. The van der Waals surface area contributed by atoms with E-state index in [4.69, 9.17) is 9.47 Å². The van der Waals surface area contributed by atoms with Crippen LogP contribution in [0.5, 0.6) is 11.5 Å². The van der Waals surface area contributed by atoms with E-state index < -0.39 is 29.1 Å². The normalized spacial score (nSPS) is 14.7. The molecule has 2 aromatic carbocycles. The second-order valence-electron chi connectivity index (χ2n) is 5.75. The molecule has 2 N–H and O–H groups in total. The van der Waals surface area contributed by atoms with Crippen LogP contribution in [0.3, 0.4) is 0 Å². The molecule has 10 heteroatoms. The number of anilines is 2. The molecule has 2 aromatic rings. The quantitative estimate of drug-likeness (QED) is 0.431. The predicted molar refractivity (Wildman–Crippen MR) is 100 cm³/mol. The van der Waals surface area contributed by atoms with E-state index in [9.17, 15) is 23.1 Å². The number of carbonyl (C=O) groups is 3. The molecule has 1 atom stereocenters. The Morgan fingerprint density at radius 1 is 1.14 bits per heavy atom. The van der Waals surface area contributed by atoms with Crippen molar-refractivity contribution in [3.8, 4) is 11.5 Å². The lowest BCUT2D eigenvalue weighted by Crippen LogP contribution is -2.29. The maximum atomic E-state index is 12.3. The van der Waals surface area contributed by atoms with Crippen LogP contribution in [-0.4, -0.2) is 33.7 Å². The second kappa shape index (κ2) is 8.19. The van der Waals surface area contributed by atoms with E-state index in [2.05, 4.69) is 4.72 Å². The van der Waals surface area contributed by atoms with Gasteiger partial charge in [-0.15, -0.1) is 0 Å². The van der Waals surface area contributed by atoms with E-state index in [0.29, 0.717) is 5.75 Å². The van der Waals surface area contributed by atoms with Crippen molar-refractivity contribution in [2.24, 2.45) is 0 Å². The highest BCUT2D eigenvalue weighted by atomic mass is 32.2. The molecule has 1 aliphatic rings. The number of hydrogen-bond donors (Lipinski definition) is 2. The fourth-order valence-electron chi connectivity index (χ4n) is 2.74. The molecule has 3 rings (SSSR count). The maximum absolute atomic E-state index is 12.3. The summed E-state index contributed by atoms with van der Waals surface area (Å²) in [6, 6.07) is 11.0. The van der Waals surface area contributed by atoms with Gasteiger partial charge in [0.15, 0.2) is 5.75 Å². The van der Waals surface area contributed by atoms with E-state index in [1.54, 1.807) is 30.3 Å². The molecule has 0 aromatic heterocycles. The summed E-state index contributed by atoms with van der Waals surface area (Å²) in [5.41, 5.74) is -0.111. The Labute approximate surface area is 162 Å². The summed E-state index contributed by atoms with van der Waals surface area (Å²) in [4.78, 5) is 37.5. The lowest BCUT2D eigenvalue weighted by molar-refractivity contribution is -0.121. The van der Waals surface area contributed by atoms with Crippen LogP contribution in [0.1, 0.15) is 23.2 Å². The van der Waals surface area contributed by atoms with Crippen molar-refractivity contribution >= 4 is 40.4 Å². The predicted octanol–water partition coefficient (Wildman–Crippen LogP) is 2.47. The highest BCUT2D eigenvalue weighted by Gasteiger charge is 2.34. The van der Waals surface area contributed by atoms with E-state index >= 15 is 0 Å². The summed E-state index contributed by atoms with van der Waals surface area (Å²) in [7, 11) is 1.17. The van der Waals surface area contributed by atoms with Gasteiger partial charge < -0.3 is 9.47 Å². The number of benzene rings is 2. The van der Waals surface area contributed by atoms with Crippen molar-refractivity contribution in [3.05, 3.63) is 48.0 Å². The molecule has 1 fully saturated rings. The molecule has 1 heterocycles. The van der Waals surface area contributed by atoms with Crippen LogP contribution in [0, 0.1) is 0 Å². The lowest BCUT2D eigenvalue weighted by Gasteiger charge is -2.22. The number of methoxy groups -OCH3 is 1. The molecule has 0 saturated carbocycles. The molecule has 2 amide bonds. The highest BCUT2D eigenvalue weighted by Crippen LogP contribution is 2.42. The first kappa shape index (κ1) is 19.5. The zero-order valence-electron chi connectivity index (χ0n) is 14.7. The molecule has 0 radical (unpaired) electrons. The van der Waals surface area contributed by atoms with Gasteiger partial charge in [-0.05, 0) is 24.3 Å². The molecule has 0 bridgehead atoms. The summed E-state index contributed by atoms with van der Waals surface area (Å²) in [6.07, 6.45) is 0.0293. The van der Waals surface area contributed by atoms with Gasteiger partial charge in [-0.25, -0.2) is 13.9 Å². The van der Waals surface area contributed by atoms with E-state index in [1.165, 1.54) is 19.2 Å². The van der Waals surface area contributed by atoms with E-state index in [1.807, 2.05) is 0 Å². The lowest BCUT2D eigenvalue weighted by atomic mass is 10.1. The molecular weight excluding hydrogens is 388 g/mol. The number of rotatable bonds is 6. The van der Waals surface area contributed by atoms with Gasteiger partial charge >= 0.3 is 5.97 Å². The Morgan fingerprint density at radius 2 is 1.79 bits per heavy atom. The number of nitrogens with zero attached hydrogens (tertiary/aromatic N) is 1. The molecule has 1 saturated heterocycles. The number of imide groups is 1. The van der Waals surface area contributed by atoms with Gasteiger partial charge in [0.25, 0.3) is 11.3 Å². The van der Waals surface area contributed by atoms with Crippen molar-refractivity contribution in [1.29, 1.82) is 0 Å². The van der Waals surface area contributed by atoms with Crippen molar-refractivity contribution in [3.63, 3.8) is 0 Å². The minimum Gasteiger partial charge on any atom is -0.465 e. The first-order valence-corrected chi connectivity index (χ1v) is 9.24. The molecule has 0 spiro atoms. The van der Waals surface area contributed by atoms with Crippen LogP contribution in [0.15, 0.2) is 42.5 Å². The standard InChI is InChI=1S/C18H16N2O7S/c1-26-18(23)11-9-13(19-28(24)25)17(27-12-5-3-2-4-6-12)14(10-11)20-15(21)7-8-16(20)22/h2-6,9-10,19H,7-8H2,1H3,(H,24,25). The number of amides is 2. The van der Waals surface area contributed by atoms with Crippen LogP contribution in [0.25, 0.3) is 0 Å². The van der Waals surface area contributed by atoms with Crippen molar-refractivity contribution in [1.82, 2.24) is 0 Å². The largest absolute Gasteiger partial charge is 0.465 e. The Kier molecular flexibility index (Phi) is 5.71. The molecule has 1 unspecified atom stereocenters. The molecule has 0 aliphatic carbocycles. The fraction of sp³-hybridized carbons (Fsp3) is 0.167. The summed E-state index contributed by atoms with van der Waals surface area (Å²) in [6.45, 7) is 0. The van der Waals surface area contributed by atoms with Crippen LogP contribution in [0.2, 0.25) is 0 Å².